The largest absolute Gasteiger partial charge is 0.265 e. The van der Waals surface area contributed by atoms with Gasteiger partial charge in [0.05, 0.1) is 17.3 Å². The fourth-order valence-corrected chi connectivity index (χ4v) is 2.00. The summed E-state index contributed by atoms with van der Waals surface area (Å²) in [7, 11) is 0. The monoisotopic (exact) mass is 202 g/mol. The van der Waals surface area contributed by atoms with Gasteiger partial charge >= 0.3 is 0 Å². The van der Waals surface area contributed by atoms with Crippen molar-refractivity contribution in [1.82, 2.24) is 9.78 Å². The molecule has 1 aliphatic carbocycles. The summed E-state index contributed by atoms with van der Waals surface area (Å²) in [5, 5.41) is 4.62. The molecule has 1 aromatic rings. The summed E-state index contributed by atoms with van der Waals surface area (Å²) in [6.07, 6.45) is 6.11. The number of hydrogen-bond acceptors (Lipinski definition) is 1. The quantitative estimate of drug-likeness (QED) is 0.685. The van der Waals surface area contributed by atoms with E-state index in [2.05, 4.69) is 5.10 Å². The number of aromatic nitrogens is 2. The molecule has 1 aliphatic rings. The third-order valence-electron chi connectivity index (χ3n) is 2.56. The first kappa shape index (κ1) is 9.00. The van der Waals surface area contributed by atoms with Crippen molar-refractivity contribution in [2.45, 2.75) is 37.9 Å². The van der Waals surface area contributed by atoms with Crippen molar-refractivity contribution < 1.29 is 4.39 Å². The molecule has 2 unspecified atom stereocenters. The van der Waals surface area contributed by atoms with Crippen molar-refractivity contribution in [2.75, 3.05) is 0 Å². The van der Waals surface area contributed by atoms with Crippen LogP contribution in [0.1, 0.15) is 31.7 Å². The molecule has 0 bridgehead atoms. The molecule has 0 N–H and O–H groups in total. The van der Waals surface area contributed by atoms with E-state index in [1.165, 1.54) is 0 Å². The van der Waals surface area contributed by atoms with Gasteiger partial charge in [-0.2, -0.15) is 5.10 Å². The number of nitrogens with zero attached hydrogens (tertiary/aromatic N) is 2. The molecule has 1 fully saturated rings. The van der Waals surface area contributed by atoms with Crippen LogP contribution in [0.3, 0.4) is 0 Å². The highest BCUT2D eigenvalue weighted by Gasteiger charge is 2.26. The van der Waals surface area contributed by atoms with Gasteiger partial charge in [-0.05, 0) is 12.8 Å². The minimum atomic E-state index is -0.760. The lowest BCUT2D eigenvalue weighted by Crippen LogP contribution is -2.24. The number of halogens is 2. The SMILES string of the molecule is FC1CCCCC1n1cc(Cl)cn1. The van der Waals surface area contributed by atoms with Gasteiger partial charge in [-0.25, -0.2) is 4.39 Å². The standard InChI is InChI=1S/C9H12ClFN2/c10-7-5-12-13(6-7)9-4-2-1-3-8(9)11/h5-6,8-9H,1-4H2. The second kappa shape index (κ2) is 3.66. The summed E-state index contributed by atoms with van der Waals surface area (Å²) in [6, 6.07) is -0.0961. The van der Waals surface area contributed by atoms with Crippen molar-refractivity contribution in [3.05, 3.63) is 17.4 Å². The van der Waals surface area contributed by atoms with Gasteiger partial charge in [0, 0.05) is 6.20 Å². The molecule has 4 heteroatoms. The Morgan fingerprint density at radius 3 is 2.85 bits per heavy atom. The highest BCUT2D eigenvalue weighted by atomic mass is 35.5. The van der Waals surface area contributed by atoms with Gasteiger partial charge in [0.2, 0.25) is 0 Å². The second-order valence-electron chi connectivity index (χ2n) is 3.51. The number of hydrogen-bond donors (Lipinski definition) is 0. The summed E-state index contributed by atoms with van der Waals surface area (Å²) in [5.74, 6) is 0. The molecular weight excluding hydrogens is 191 g/mol. The molecule has 0 radical (unpaired) electrons. The average Bonchev–Trinajstić information content (AvgIpc) is 2.53. The smallest absolute Gasteiger partial charge is 0.122 e. The number of rotatable bonds is 1. The Morgan fingerprint density at radius 2 is 2.23 bits per heavy atom. The Bertz CT molecular complexity index is 287. The molecule has 2 atom stereocenters. The molecular formula is C9H12ClFN2. The van der Waals surface area contributed by atoms with Gasteiger partial charge in [-0.15, -0.1) is 0 Å². The molecule has 0 aromatic carbocycles. The lowest BCUT2D eigenvalue weighted by molar-refractivity contribution is 0.160. The Kier molecular flexibility index (Phi) is 2.54. The summed E-state index contributed by atoms with van der Waals surface area (Å²) >= 11 is 5.72. The fraction of sp³-hybridized carbons (Fsp3) is 0.667. The highest BCUT2D eigenvalue weighted by molar-refractivity contribution is 6.30. The zero-order chi connectivity index (χ0) is 9.26. The zero-order valence-corrected chi connectivity index (χ0v) is 8.04. The maximum atomic E-state index is 13.4. The summed E-state index contributed by atoms with van der Waals surface area (Å²) < 4.78 is 15.1. The maximum absolute atomic E-state index is 13.4. The lowest BCUT2D eigenvalue weighted by Gasteiger charge is -2.25. The van der Waals surface area contributed by atoms with Crippen molar-refractivity contribution in [3.63, 3.8) is 0 Å². The minimum absolute atomic E-state index is 0.0961. The molecule has 1 aromatic heterocycles. The van der Waals surface area contributed by atoms with Gasteiger partial charge in [0.15, 0.2) is 0 Å². The first-order valence-electron chi connectivity index (χ1n) is 4.61. The third-order valence-corrected chi connectivity index (χ3v) is 2.75. The van der Waals surface area contributed by atoms with E-state index in [0.717, 1.165) is 19.3 Å². The van der Waals surface area contributed by atoms with E-state index in [-0.39, 0.29) is 6.04 Å². The normalized spacial score (nSPS) is 29.1. The van der Waals surface area contributed by atoms with E-state index in [9.17, 15) is 4.39 Å². The molecule has 1 heterocycles. The van der Waals surface area contributed by atoms with Gasteiger partial charge in [-0.1, -0.05) is 24.4 Å². The van der Waals surface area contributed by atoms with Crippen LogP contribution in [0.15, 0.2) is 12.4 Å². The zero-order valence-electron chi connectivity index (χ0n) is 7.29. The van der Waals surface area contributed by atoms with Gasteiger partial charge < -0.3 is 0 Å². The van der Waals surface area contributed by atoms with E-state index in [1.807, 2.05) is 0 Å². The highest BCUT2D eigenvalue weighted by Crippen LogP contribution is 2.30. The van der Waals surface area contributed by atoms with E-state index >= 15 is 0 Å². The predicted octanol–water partition coefficient (Wildman–Crippen LogP) is 2.99. The van der Waals surface area contributed by atoms with E-state index in [1.54, 1.807) is 17.1 Å². The van der Waals surface area contributed by atoms with Crippen LogP contribution in [0.25, 0.3) is 0 Å². The van der Waals surface area contributed by atoms with Crippen molar-refractivity contribution in [2.24, 2.45) is 0 Å². The van der Waals surface area contributed by atoms with E-state index in [4.69, 9.17) is 11.6 Å². The van der Waals surface area contributed by atoms with Gasteiger partial charge in [0.25, 0.3) is 0 Å². The maximum Gasteiger partial charge on any atom is 0.122 e. The van der Waals surface area contributed by atoms with Gasteiger partial charge in [0.1, 0.15) is 6.17 Å². The lowest BCUT2D eigenvalue weighted by atomic mass is 9.94. The summed E-state index contributed by atoms with van der Waals surface area (Å²) in [6.45, 7) is 0. The van der Waals surface area contributed by atoms with Crippen LogP contribution in [0.2, 0.25) is 5.02 Å². The average molecular weight is 203 g/mol. The van der Waals surface area contributed by atoms with Crippen LogP contribution >= 0.6 is 11.6 Å². The Labute approximate surface area is 81.7 Å². The van der Waals surface area contributed by atoms with E-state index < -0.39 is 6.17 Å². The van der Waals surface area contributed by atoms with Crippen molar-refractivity contribution in [1.29, 1.82) is 0 Å². The van der Waals surface area contributed by atoms with Crippen LogP contribution in [-0.2, 0) is 0 Å². The third kappa shape index (κ3) is 1.85. The van der Waals surface area contributed by atoms with Crippen molar-refractivity contribution in [3.8, 4) is 0 Å². The molecule has 1 saturated carbocycles. The molecule has 0 amide bonds. The Balaban J connectivity index is 2.14. The molecule has 0 aliphatic heterocycles. The van der Waals surface area contributed by atoms with Crippen LogP contribution in [0, 0.1) is 0 Å². The first-order valence-corrected chi connectivity index (χ1v) is 4.99. The van der Waals surface area contributed by atoms with Crippen LogP contribution in [0.5, 0.6) is 0 Å². The van der Waals surface area contributed by atoms with E-state index in [0.29, 0.717) is 11.4 Å². The Morgan fingerprint density at radius 1 is 1.46 bits per heavy atom. The van der Waals surface area contributed by atoms with Crippen LogP contribution in [0.4, 0.5) is 4.39 Å². The Hall–Kier alpha value is -0.570. The first-order chi connectivity index (χ1) is 6.27. The van der Waals surface area contributed by atoms with Gasteiger partial charge in [-0.3, -0.25) is 4.68 Å². The summed E-state index contributed by atoms with van der Waals surface area (Å²) in [5.41, 5.74) is 0. The fourth-order valence-electron chi connectivity index (χ4n) is 1.86. The van der Waals surface area contributed by atoms with Crippen LogP contribution in [-0.4, -0.2) is 16.0 Å². The molecule has 0 saturated heterocycles. The second-order valence-corrected chi connectivity index (χ2v) is 3.94. The number of alkyl halides is 1. The molecule has 13 heavy (non-hydrogen) atoms. The molecule has 72 valence electrons. The topological polar surface area (TPSA) is 17.8 Å². The minimum Gasteiger partial charge on any atom is -0.265 e. The van der Waals surface area contributed by atoms with Crippen molar-refractivity contribution >= 4 is 11.6 Å². The summed E-state index contributed by atoms with van der Waals surface area (Å²) in [4.78, 5) is 0. The molecule has 2 rings (SSSR count). The molecule has 2 nitrogen and oxygen atoms in total. The van der Waals surface area contributed by atoms with Crippen LogP contribution < -0.4 is 0 Å². The molecule has 0 spiro atoms. The predicted molar refractivity (Wildman–Crippen MR) is 49.6 cm³/mol.